The van der Waals surface area contributed by atoms with Crippen LogP contribution in [0.25, 0.3) is 0 Å². The van der Waals surface area contributed by atoms with Gasteiger partial charge >= 0.3 is 0 Å². The fourth-order valence-electron chi connectivity index (χ4n) is 3.72. The summed E-state index contributed by atoms with van der Waals surface area (Å²) in [6.45, 7) is 2.16. The molecule has 0 bridgehead atoms. The van der Waals surface area contributed by atoms with Gasteiger partial charge in [-0.05, 0) is 60.6 Å². The number of hydrogen-bond acceptors (Lipinski definition) is 3. The van der Waals surface area contributed by atoms with E-state index < -0.39 is 0 Å². The third-order valence-corrected chi connectivity index (χ3v) is 5.02. The monoisotopic (exact) mass is 338 g/mol. The minimum atomic E-state index is -0.298. The molecule has 1 heterocycles. The van der Waals surface area contributed by atoms with Crippen LogP contribution in [-0.2, 0) is 24.1 Å². The zero-order valence-corrected chi connectivity index (χ0v) is 14.7. The van der Waals surface area contributed by atoms with Crippen LogP contribution >= 0.6 is 0 Å². The molecule has 25 heavy (non-hydrogen) atoms. The molecule has 1 amide bonds. The van der Waals surface area contributed by atoms with E-state index in [0.717, 1.165) is 43.4 Å². The maximum Gasteiger partial charge on any atom is 0.228 e. The van der Waals surface area contributed by atoms with E-state index in [0.29, 0.717) is 6.42 Å². The molecule has 4 nitrogen and oxygen atoms in total. The van der Waals surface area contributed by atoms with Crippen LogP contribution in [0, 0.1) is 0 Å². The molecule has 0 saturated carbocycles. The molecular formula is C21H26N2O2. The number of phenolic OH excluding ortho intramolecular Hbond substituents is 1. The number of aryl methyl sites for hydroxylation is 1. The van der Waals surface area contributed by atoms with Crippen molar-refractivity contribution in [2.45, 2.75) is 51.0 Å². The van der Waals surface area contributed by atoms with Crippen LogP contribution in [0.15, 0.2) is 42.5 Å². The highest BCUT2D eigenvalue weighted by molar-refractivity contribution is 5.99. The lowest BCUT2D eigenvalue weighted by atomic mass is 9.81. The summed E-state index contributed by atoms with van der Waals surface area (Å²) < 4.78 is 0. The number of fused-ring (bicyclic) bond motifs is 1. The maximum absolute atomic E-state index is 11.7. The van der Waals surface area contributed by atoms with Gasteiger partial charge in [0, 0.05) is 11.2 Å². The highest BCUT2D eigenvalue weighted by atomic mass is 16.3. The van der Waals surface area contributed by atoms with Crippen molar-refractivity contribution in [1.82, 2.24) is 0 Å². The van der Waals surface area contributed by atoms with Crippen molar-refractivity contribution in [3.8, 4) is 5.75 Å². The number of phenols is 1. The lowest BCUT2D eigenvalue weighted by Crippen LogP contribution is -2.42. The van der Waals surface area contributed by atoms with Crippen LogP contribution in [0.3, 0.4) is 0 Å². The Hall–Kier alpha value is -2.33. The molecule has 2 aromatic carbocycles. The third-order valence-electron chi connectivity index (χ3n) is 5.02. The highest BCUT2D eigenvalue weighted by Gasteiger charge is 2.28. The molecule has 0 aliphatic carbocycles. The first-order valence-corrected chi connectivity index (χ1v) is 8.96. The second-order valence-electron chi connectivity index (χ2n) is 7.12. The van der Waals surface area contributed by atoms with Gasteiger partial charge in [0.2, 0.25) is 5.91 Å². The molecule has 1 aliphatic heterocycles. The lowest BCUT2D eigenvalue weighted by Gasteiger charge is -2.30. The van der Waals surface area contributed by atoms with E-state index in [4.69, 9.17) is 5.73 Å². The molecule has 0 fully saturated rings. The van der Waals surface area contributed by atoms with Crippen LogP contribution in [0.4, 0.5) is 5.69 Å². The number of benzene rings is 2. The Labute approximate surface area is 149 Å². The number of carbonyl (C=O) groups excluding carboxylic acids is 1. The molecular weight excluding hydrogens is 312 g/mol. The number of rotatable bonds is 7. The molecule has 0 radical (unpaired) electrons. The number of nitrogens with one attached hydrogen (secondary N) is 1. The van der Waals surface area contributed by atoms with Crippen molar-refractivity contribution in [3.63, 3.8) is 0 Å². The quantitative estimate of drug-likeness (QED) is 0.722. The molecule has 4 N–H and O–H groups in total. The van der Waals surface area contributed by atoms with E-state index in [9.17, 15) is 9.90 Å². The molecule has 0 aromatic heterocycles. The second kappa shape index (κ2) is 7.28. The van der Waals surface area contributed by atoms with Crippen molar-refractivity contribution >= 4 is 11.6 Å². The Morgan fingerprint density at radius 1 is 1.16 bits per heavy atom. The van der Waals surface area contributed by atoms with Crippen LogP contribution < -0.4 is 11.1 Å². The number of aromatic hydroxyl groups is 1. The summed E-state index contributed by atoms with van der Waals surface area (Å²) in [4.78, 5) is 11.7. The smallest absolute Gasteiger partial charge is 0.228 e. The highest BCUT2D eigenvalue weighted by Crippen LogP contribution is 2.31. The number of carbonyl (C=O) groups is 1. The van der Waals surface area contributed by atoms with Crippen molar-refractivity contribution < 1.29 is 9.90 Å². The first kappa shape index (κ1) is 17.5. The summed E-state index contributed by atoms with van der Waals surface area (Å²) in [5.74, 6) is 0.345. The Morgan fingerprint density at radius 3 is 2.64 bits per heavy atom. The third kappa shape index (κ3) is 4.20. The standard InChI is InChI=1S/C21H26N2O2/c1-2-11-21(22,12-10-15-6-8-17(24)9-7-15)14-16-4-3-5-19-18(16)13-20(25)23-19/h3-9,24H,2,10-14,22H2,1H3,(H,23,25). The summed E-state index contributed by atoms with van der Waals surface area (Å²) >= 11 is 0. The Bertz CT molecular complexity index is 755. The first-order chi connectivity index (χ1) is 12.0. The Kier molecular flexibility index (Phi) is 5.09. The Balaban J connectivity index is 1.75. The number of amides is 1. The normalized spacial score (nSPS) is 15.5. The van der Waals surface area contributed by atoms with Crippen molar-refractivity contribution in [2.24, 2.45) is 5.73 Å². The summed E-state index contributed by atoms with van der Waals surface area (Å²) in [5.41, 5.74) is 10.9. The SMILES string of the molecule is CCCC(N)(CCc1ccc(O)cc1)Cc1cccc2c1CC(=O)N2. The first-order valence-electron chi connectivity index (χ1n) is 8.96. The lowest BCUT2D eigenvalue weighted by molar-refractivity contribution is -0.115. The van der Waals surface area contributed by atoms with Crippen molar-refractivity contribution in [3.05, 3.63) is 59.2 Å². The van der Waals surface area contributed by atoms with Gasteiger partial charge in [0.25, 0.3) is 0 Å². The van der Waals surface area contributed by atoms with Gasteiger partial charge in [-0.25, -0.2) is 0 Å². The number of nitrogens with two attached hydrogens (primary N) is 1. The fraction of sp³-hybridized carbons (Fsp3) is 0.381. The van der Waals surface area contributed by atoms with Gasteiger partial charge in [-0.3, -0.25) is 4.79 Å². The van der Waals surface area contributed by atoms with Gasteiger partial charge in [0.15, 0.2) is 0 Å². The summed E-state index contributed by atoms with van der Waals surface area (Å²) in [7, 11) is 0. The largest absolute Gasteiger partial charge is 0.508 e. The van der Waals surface area contributed by atoms with Crippen LogP contribution in [0.1, 0.15) is 42.9 Å². The minimum absolute atomic E-state index is 0.0599. The molecule has 4 heteroatoms. The number of anilines is 1. The Morgan fingerprint density at radius 2 is 1.92 bits per heavy atom. The zero-order chi connectivity index (χ0) is 17.9. The zero-order valence-electron chi connectivity index (χ0n) is 14.7. The van der Waals surface area contributed by atoms with E-state index in [1.807, 2.05) is 24.3 Å². The molecule has 1 unspecified atom stereocenters. The van der Waals surface area contributed by atoms with Gasteiger partial charge in [-0.2, -0.15) is 0 Å². The van der Waals surface area contributed by atoms with Crippen LogP contribution in [0.2, 0.25) is 0 Å². The minimum Gasteiger partial charge on any atom is -0.508 e. The molecule has 132 valence electrons. The number of hydrogen-bond donors (Lipinski definition) is 3. The van der Waals surface area contributed by atoms with E-state index in [1.54, 1.807) is 12.1 Å². The van der Waals surface area contributed by atoms with Crippen molar-refractivity contribution in [1.29, 1.82) is 0 Å². The van der Waals surface area contributed by atoms with Gasteiger partial charge in [0.05, 0.1) is 6.42 Å². The van der Waals surface area contributed by atoms with E-state index in [-0.39, 0.29) is 17.2 Å². The molecule has 3 rings (SSSR count). The predicted octanol–water partition coefficient (Wildman–Crippen LogP) is 3.56. The molecule has 0 saturated heterocycles. The summed E-state index contributed by atoms with van der Waals surface area (Å²) in [6.07, 6.45) is 4.94. The molecule has 1 atom stereocenters. The molecule has 1 aliphatic rings. The van der Waals surface area contributed by atoms with Crippen LogP contribution in [0.5, 0.6) is 5.75 Å². The topological polar surface area (TPSA) is 75.3 Å². The summed E-state index contributed by atoms with van der Waals surface area (Å²) in [5, 5.41) is 12.3. The second-order valence-corrected chi connectivity index (χ2v) is 7.12. The maximum atomic E-state index is 11.7. The van der Waals surface area contributed by atoms with Gasteiger partial charge in [0.1, 0.15) is 5.75 Å². The van der Waals surface area contributed by atoms with Gasteiger partial charge in [-0.1, -0.05) is 37.6 Å². The average molecular weight is 338 g/mol. The molecule has 2 aromatic rings. The van der Waals surface area contributed by atoms with E-state index in [2.05, 4.69) is 18.3 Å². The van der Waals surface area contributed by atoms with E-state index in [1.165, 1.54) is 11.1 Å². The fourth-order valence-corrected chi connectivity index (χ4v) is 3.72. The molecule has 0 spiro atoms. The van der Waals surface area contributed by atoms with E-state index >= 15 is 0 Å². The van der Waals surface area contributed by atoms with Gasteiger partial charge in [-0.15, -0.1) is 0 Å². The average Bonchev–Trinajstić information content (AvgIpc) is 2.96. The van der Waals surface area contributed by atoms with Crippen molar-refractivity contribution in [2.75, 3.05) is 5.32 Å². The van der Waals surface area contributed by atoms with Gasteiger partial charge < -0.3 is 16.2 Å². The van der Waals surface area contributed by atoms with Crippen LogP contribution in [-0.4, -0.2) is 16.6 Å². The summed E-state index contributed by atoms with van der Waals surface area (Å²) in [6, 6.07) is 13.4. The predicted molar refractivity (Wildman–Crippen MR) is 101 cm³/mol.